The van der Waals surface area contributed by atoms with Gasteiger partial charge in [0.25, 0.3) is 0 Å². The van der Waals surface area contributed by atoms with Crippen molar-refractivity contribution >= 4 is 15.9 Å². The molecule has 0 aromatic heterocycles. The number of sulfonamides is 1. The maximum atomic E-state index is 12.7. The van der Waals surface area contributed by atoms with Gasteiger partial charge in [-0.3, -0.25) is 4.79 Å². The van der Waals surface area contributed by atoms with Crippen molar-refractivity contribution in [1.82, 2.24) is 9.62 Å². The van der Waals surface area contributed by atoms with Crippen molar-refractivity contribution in [2.45, 2.75) is 36.2 Å². The average molecular weight is 309 g/mol. The van der Waals surface area contributed by atoms with Gasteiger partial charge in [0.05, 0.1) is 4.90 Å². The van der Waals surface area contributed by atoms with Crippen LogP contribution in [0.25, 0.3) is 0 Å². The van der Waals surface area contributed by atoms with Crippen molar-refractivity contribution < 1.29 is 13.2 Å². The molecule has 2 atom stereocenters. The van der Waals surface area contributed by atoms with Crippen LogP contribution < -0.4 is 11.1 Å². The van der Waals surface area contributed by atoms with E-state index in [4.69, 9.17) is 5.73 Å². The van der Waals surface area contributed by atoms with Crippen molar-refractivity contribution in [2.75, 3.05) is 13.1 Å². The second kappa shape index (κ2) is 5.40. The number of amides is 1. The monoisotopic (exact) mass is 309 g/mol. The number of rotatable bonds is 3. The fourth-order valence-corrected chi connectivity index (χ4v) is 4.57. The van der Waals surface area contributed by atoms with Gasteiger partial charge in [0.1, 0.15) is 0 Å². The van der Waals surface area contributed by atoms with Gasteiger partial charge < -0.3 is 11.1 Å². The molecule has 2 fully saturated rings. The zero-order valence-corrected chi connectivity index (χ0v) is 12.5. The van der Waals surface area contributed by atoms with E-state index in [1.807, 2.05) is 0 Å². The SMILES string of the molecule is NC(=O)c1ccc(S(=O)(=O)N2CCC3CCC(C2)N3)cc1. The van der Waals surface area contributed by atoms with Gasteiger partial charge in [-0.1, -0.05) is 0 Å². The number of nitrogens with one attached hydrogen (secondary N) is 1. The Balaban J connectivity index is 1.84. The summed E-state index contributed by atoms with van der Waals surface area (Å²) in [5, 5.41) is 3.46. The Morgan fingerprint density at radius 1 is 1.14 bits per heavy atom. The Morgan fingerprint density at radius 3 is 2.48 bits per heavy atom. The van der Waals surface area contributed by atoms with Crippen LogP contribution >= 0.6 is 0 Å². The summed E-state index contributed by atoms with van der Waals surface area (Å²) in [4.78, 5) is 11.3. The first-order chi connectivity index (χ1) is 9.96. The van der Waals surface area contributed by atoms with Crippen LogP contribution in [0.2, 0.25) is 0 Å². The van der Waals surface area contributed by atoms with Crippen LogP contribution in [0.1, 0.15) is 29.6 Å². The molecule has 0 saturated carbocycles. The normalized spacial score (nSPS) is 26.5. The van der Waals surface area contributed by atoms with E-state index in [9.17, 15) is 13.2 Å². The summed E-state index contributed by atoms with van der Waals surface area (Å²) in [6.45, 7) is 1.05. The Kier molecular flexibility index (Phi) is 3.73. The van der Waals surface area contributed by atoms with Gasteiger partial charge in [0, 0.05) is 30.7 Å². The molecule has 114 valence electrons. The van der Waals surface area contributed by atoms with Crippen molar-refractivity contribution in [1.29, 1.82) is 0 Å². The highest BCUT2D eigenvalue weighted by Crippen LogP contribution is 2.25. The second-order valence-corrected chi connectivity index (χ2v) is 7.62. The molecule has 21 heavy (non-hydrogen) atoms. The van der Waals surface area contributed by atoms with E-state index < -0.39 is 15.9 Å². The molecule has 2 saturated heterocycles. The molecule has 3 rings (SSSR count). The van der Waals surface area contributed by atoms with E-state index in [-0.39, 0.29) is 10.9 Å². The lowest BCUT2D eigenvalue weighted by atomic mass is 10.1. The first-order valence-corrected chi connectivity index (χ1v) is 8.57. The maximum absolute atomic E-state index is 12.7. The van der Waals surface area contributed by atoms with Gasteiger partial charge in [0.2, 0.25) is 15.9 Å². The maximum Gasteiger partial charge on any atom is 0.248 e. The predicted octanol–water partition coefficient (Wildman–Crippen LogP) is 0.301. The molecule has 6 nitrogen and oxygen atoms in total. The molecule has 0 radical (unpaired) electrons. The summed E-state index contributed by atoms with van der Waals surface area (Å²) in [6, 6.07) is 6.50. The number of nitrogens with zero attached hydrogens (tertiary/aromatic N) is 1. The van der Waals surface area contributed by atoms with Crippen molar-refractivity contribution in [2.24, 2.45) is 5.73 Å². The number of nitrogens with two attached hydrogens (primary N) is 1. The van der Waals surface area contributed by atoms with Crippen molar-refractivity contribution in [3.8, 4) is 0 Å². The molecule has 3 N–H and O–H groups in total. The number of carbonyl (C=O) groups excluding carboxylic acids is 1. The van der Waals surface area contributed by atoms with Crippen LogP contribution in [0.4, 0.5) is 0 Å². The van der Waals surface area contributed by atoms with Crippen molar-refractivity contribution in [3.63, 3.8) is 0 Å². The Hall–Kier alpha value is -1.44. The molecular weight excluding hydrogens is 290 g/mol. The molecular formula is C14H19N3O3S. The molecule has 2 heterocycles. The summed E-state index contributed by atoms with van der Waals surface area (Å²) in [5.41, 5.74) is 5.48. The summed E-state index contributed by atoms with van der Waals surface area (Å²) >= 11 is 0. The highest BCUT2D eigenvalue weighted by molar-refractivity contribution is 7.89. The fourth-order valence-electron chi connectivity index (χ4n) is 3.07. The third-order valence-electron chi connectivity index (χ3n) is 4.26. The summed E-state index contributed by atoms with van der Waals surface area (Å²) < 4.78 is 26.9. The Labute approximate surface area is 124 Å². The van der Waals surface area contributed by atoms with Crippen LogP contribution in [-0.4, -0.2) is 43.8 Å². The van der Waals surface area contributed by atoms with E-state index in [0.717, 1.165) is 19.3 Å². The minimum absolute atomic E-state index is 0.213. The summed E-state index contributed by atoms with van der Waals surface area (Å²) in [5.74, 6) is -0.560. The van der Waals surface area contributed by atoms with Gasteiger partial charge >= 0.3 is 0 Å². The standard InChI is InChI=1S/C14H19N3O3S/c15-14(18)10-1-5-13(6-2-10)21(19,20)17-8-7-11-3-4-12(9-17)16-11/h1-2,5-6,11-12,16H,3-4,7-9H2,(H2,15,18). The minimum Gasteiger partial charge on any atom is -0.366 e. The molecule has 2 unspecified atom stereocenters. The third-order valence-corrected chi connectivity index (χ3v) is 6.14. The zero-order valence-electron chi connectivity index (χ0n) is 11.7. The summed E-state index contributed by atoms with van der Waals surface area (Å²) in [6.07, 6.45) is 3.00. The van der Waals surface area contributed by atoms with Crippen LogP contribution in [0.5, 0.6) is 0 Å². The largest absolute Gasteiger partial charge is 0.366 e. The van der Waals surface area contributed by atoms with Crippen LogP contribution in [0, 0.1) is 0 Å². The number of carbonyl (C=O) groups is 1. The average Bonchev–Trinajstić information content (AvgIpc) is 2.77. The lowest BCUT2D eigenvalue weighted by Crippen LogP contribution is -2.39. The number of hydrogen-bond donors (Lipinski definition) is 2. The molecule has 0 aliphatic carbocycles. The predicted molar refractivity (Wildman–Crippen MR) is 78.3 cm³/mol. The molecule has 1 aromatic carbocycles. The number of fused-ring (bicyclic) bond motifs is 2. The lowest BCUT2D eigenvalue weighted by Gasteiger charge is -2.23. The highest BCUT2D eigenvalue weighted by atomic mass is 32.2. The lowest BCUT2D eigenvalue weighted by molar-refractivity contribution is 0.1000. The Morgan fingerprint density at radius 2 is 1.81 bits per heavy atom. The number of hydrogen-bond acceptors (Lipinski definition) is 4. The number of benzene rings is 1. The quantitative estimate of drug-likeness (QED) is 0.840. The van der Waals surface area contributed by atoms with E-state index in [1.165, 1.54) is 24.3 Å². The Bertz CT molecular complexity index is 642. The fraction of sp³-hybridized carbons (Fsp3) is 0.500. The van der Waals surface area contributed by atoms with Crippen LogP contribution in [0.15, 0.2) is 29.2 Å². The minimum atomic E-state index is -3.51. The molecule has 2 bridgehead atoms. The number of primary amides is 1. The van der Waals surface area contributed by atoms with E-state index in [0.29, 0.717) is 24.7 Å². The van der Waals surface area contributed by atoms with Gasteiger partial charge in [-0.15, -0.1) is 0 Å². The van der Waals surface area contributed by atoms with E-state index in [1.54, 1.807) is 4.31 Å². The molecule has 2 aliphatic rings. The van der Waals surface area contributed by atoms with Gasteiger partial charge in [-0.05, 0) is 43.5 Å². The van der Waals surface area contributed by atoms with Crippen LogP contribution in [-0.2, 0) is 10.0 Å². The van der Waals surface area contributed by atoms with Gasteiger partial charge in [-0.2, -0.15) is 4.31 Å². The second-order valence-electron chi connectivity index (χ2n) is 5.68. The smallest absolute Gasteiger partial charge is 0.248 e. The molecule has 2 aliphatic heterocycles. The third kappa shape index (κ3) is 2.81. The first-order valence-electron chi connectivity index (χ1n) is 7.13. The topological polar surface area (TPSA) is 92.5 Å². The molecule has 0 spiro atoms. The van der Waals surface area contributed by atoms with Gasteiger partial charge in [0.15, 0.2) is 0 Å². The first kappa shape index (κ1) is 14.5. The highest BCUT2D eigenvalue weighted by Gasteiger charge is 2.34. The molecule has 1 aromatic rings. The van der Waals surface area contributed by atoms with Crippen LogP contribution in [0.3, 0.4) is 0 Å². The summed E-state index contributed by atoms with van der Waals surface area (Å²) in [7, 11) is -3.51. The van der Waals surface area contributed by atoms with E-state index in [2.05, 4.69) is 5.32 Å². The molecule has 7 heteroatoms. The van der Waals surface area contributed by atoms with E-state index >= 15 is 0 Å². The molecule has 1 amide bonds. The zero-order chi connectivity index (χ0) is 15.0. The van der Waals surface area contributed by atoms with Gasteiger partial charge in [-0.25, -0.2) is 8.42 Å². The van der Waals surface area contributed by atoms with Crippen molar-refractivity contribution in [3.05, 3.63) is 29.8 Å².